The maximum Gasteiger partial charge on any atom is 0.416 e. The number of nitrogens with one attached hydrogen (secondary N) is 1. The van der Waals surface area contributed by atoms with Crippen molar-refractivity contribution in [3.8, 4) is 6.07 Å². The third kappa shape index (κ3) is 3.12. The first-order valence-corrected chi connectivity index (χ1v) is 5.86. The highest BCUT2D eigenvalue weighted by Gasteiger charge is 2.31. The number of alkyl halides is 3. The van der Waals surface area contributed by atoms with E-state index in [0.717, 1.165) is 17.7 Å². The lowest BCUT2D eigenvalue weighted by molar-refractivity contribution is -0.137. The van der Waals surface area contributed by atoms with Crippen molar-refractivity contribution in [2.75, 3.05) is 5.32 Å². The van der Waals surface area contributed by atoms with E-state index >= 15 is 0 Å². The monoisotopic (exact) mass is 279 g/mol. The summed E-state index contributed by atoms with van der Waals surface area (Å²) >= 11 is 0. The van der Waals surface area contributed by atoms with Gasteiger partial charge in [0.2, 0.25) is 0 Å². The second kappa shape index (κ2) is 5.29. The molecule has 0 aliphatic carbocycles. The minimum Gasteiger partial charge on any atom is -0.380 e. The Kier molecular flexibility index (Phi) is 3.70. The molecule has 6 heteroatoms. The topological polar surface area (TPSA) is 40.8 Å². The van der Waals surface area contributed by atoms with Crippen LogP contribution in [-0.2, 0) is 19.8 Å². The fraction of sp³-hybridized carbons (Fsp3) is 0.214. The summed E-state index contributed by atoms with van der Waals surface area (Å²) < 4.78 is 39.5. The molecule has 0 radical (unpaired) electrons. The zero-order valence-electron chi connectivity index (χ0n) is 10.7. The summed E-state index contributed by atoms with van der Waals surface area (Å²) in [5.41, 5.74) is 0.538. The second-order valence-corrected chi connectivity index (χ2v) is 4.41. The summed E-state index contributed by atoms with van der Waals surface area (Å²) in [6.45, 7) is 0.445. The van der Waals surface area contributed by atoms with E-state index in [1.807, 2.05) is 30.1 Å². The average Bonchev–Trinajstić information content (AvgIpc) is 2.81. The molecule has 1 N–H and O–H groups in total. The highest BCUT2D eigenvalue weighted by atomic mass is 19.4. The van der Waals surface area contributed by atoms with Crippen molar-refractivity contribution >= 4 is 5.69 Å². The van der Waals surface area contributed by atoms with Crippen LogP contribution in [-0.4, -0.2) is 4.57 Å². The molecule has 2 rings (SSSR count). The zero-order valence-corrected chi connectivity index (χ0v) is 10.7. The predicted molar refractivity (Wildman–Crippen MR) is 68.9 cm³/mol. The molecule has 0 aliphatic rings. The van der Waals surface area contributed by atoms with Gasteiger partial charge in [-0.3, -0.25) is 0 Å². The average molecular weight is 279 g/mol. The molecule has 0 saturated heterocycles. The van der Waals surface area contributed by atoms with Crippen molar-refractivity contribution in [3.05, 3.63) is 53.3 Å². The number of rotatable bonds is 3. The number of halogens is 3. The van der Waals surface area contributed by atoms with Gasteiger partial charge >= 0.3 is 6.18 Å². The van der Waals surface area contributed by atoms with E-state index in [2.05, 4.69) is 5.32 Å². The van der Waals surface area contributed by atoms with Crippen LogP contribution in [0.1, 0.15) is 16.7 Å². The Bertz CT molecular complexity index is 650. The van der Waals surface area contributed by atoms with Gasteiger partial charge in [-0.25, -0.2) is 0 Å². The molecule has 2 aromatic rings. The van der Waals surface area contributed by atoms with Crippen LogP contribution in [0.3, 0.4) is 0 Å². The van der Waals surface area contributed by atoms with Gasteiger partial charge in [0.25, 0.3) is 0 Å². The summed E-state index contributed by atoms with van der Waals surface area (Å²) in [6.07, 6.45) is -0.679. The molecule has 1 aromatic carbocycles. The Morgan fingerprint density at radius 3 is 2.60 bits per heavy atom. The van der Waals surface area contributed by atoms with Crippen molar-refractivity contribution < 1.29 is 13.2 Å². The highest BCUT2D eigenvalue weighted by molar-refractivity contribution is 5.59. The third-order valence-electron chi connectivity index (χ3n) is 2.84. The number of anilines is 1. The molecular weight excluding hydrogens is 267 g/mol. The van der Waals surface area contributed by atoms with E-state index in [4.69, 9.17) is 5.26 Å². The summed E-state index contributed by atoms with van der Waals surface area (Å²) in [5, 5.41) is 11.9. The minimum absolute atomic E-state index is 0.0178. The predicted octanol–water partition coefficient (Wildman–Crippen LogP) is 3.53. The molecule has 0 saturated carbocycles. The Morgan fingerprint density at radius 1 is 1.30 bits per heavy atom. The Morgan fingerprint density at radius 2 is 2.05 bits per heavy atom. The normalized spacial score (nSPS) is 11.2. The van der Waals surface area contributed by atoms with Crippen LogP contribution in [0, 0.1) is 11.3 Å². The van der Waals surface area contributed by atoms with E-state index in [1.165, 1.54) is 6.07 Å². The van der Waals surface area contributed by atoms with E-state index < -0.39 is 11.7 Å². The van der Waals surface area contributed by atoms with E-state index in [9.17, 15) is 13.2 Å². The van der Waals surface area contributed by atoms with Gasteiger partial charge in [-0.1, -0.05) is 0 Å². The minimum atomic E-state index is -4.44. The van der Waals surface area contributed by atoms with Crippen LogP contribution < -0.4 is 5.32 Å². The fourth-order valence-corrected chi connectivity index (χ4v) is 1.83. The van der Waals surface area contributed by atoms with Gasteiger partial charge in [0, 0.05) is 26.0 Å². The maximum absolute atomic E-state index is 12.6. The Hall–Kier alpha value is -2.42. The van der Waals surface area contributed by atoms with Crippen molar-refractivity contribution in [1.29, 1.82) is 5.26 Å². The number of hydrogen-bond donors (Lipinski definition) is 1. The molecule has 104 valence electrons. The van der Waals surface area contributed by atoms with Crippen LogP contribution in [0.15, 0.2) is 36.7 Å². The highest BCUT2D eigenvalue weighted by Crippen LogP contribution is 2.31. The van der Waals surface area contributed by atoms with Gasteiger partial charge in [0.1, 0.15) is 6.07 Å². The van der Waals surface area contributed by atoms with Crippen LogP contribution in [0.4, 0.5) is 18.9 Å². The van der Waals surface area contributed by atoms with E-state index in [0.29, 0.717) is 12.2 Å². The SMILES string of the molecule is Cn1ccc(CNc2ccc(C(F)(F)F)cc2C#N)c1. The summed E-state index contributed by atoms with van der Waals surface area (Å²) in [4.78, 5) is 0. The quantitative estimate of drug-likeness (QED) is 0.933. The summed E-state index contributed by atoms with van der Waals surface area (Å²) in [6, 6.07) is 6.78. The van der Waals surface area contributed by atoms with E-state index in [1.54, 1.807) is 6.07 Å². The van der Waals surface area contributed by atoms with Crippen LogP contribution >= 0.6 is 0 Å². The van der Waals surface area contributed by atoms with Gasteiger partial charge in [0.15, 0.2) is 0 Å². The number of hydrogen-bond acceptors (Lipinski definition) is 2. The molecule has 1 heterocycles. The molecule has 0 atom stereocenters. The number of nitriles is 1. The maximum atomic E-state index is 12.6. The van der Waals surface area contributed by atoms with Crippen LogP contribution in [0.25, 0.3) is 0 Å². The molecule has 3 nitrogen and oxygen atoms in total. The zero-order chi connectivity index (χ0) is 14.8. The van der Waals surface area contributed by atoms with Crippen molar-refractivity contribution in [3.63, 3.8) is 0 Å². The van der Waals surface area contributed by atoms with Gasteiger partial charge in [0.05, 0.1) is 16.8 Å². The second-order valence-electron chi connectivity index (χ2n) is 4.41. The molecule has 0 aliphatic heterocycles. The largest absolute Gasteiger partial charge is 0.416 e. The molecule has 0 unspecified atom stereocenters. The molecular formula is C14H12F3N3. The summed E-state index contributed by atoms with van der Waals surface area (Å²) in [5.74, 6) is 0. The molecule has 0 bridgehead atoms. The van der Waals surface area contributed by atoms with Crippen molar-refractivity contribution in [2.24, 2.45) is 7.05 Å². The molecule has 1 aromatic heterocycles. The number of benzene rings is 1. The number of aryl methyl sites for hydroxylation is 1. The van der Waals surface area contributed by atoms with Gasteiger partial charge < -0.3 is 9.88 Å². The standard InChI is InChI=1S/C14H12F3N3/c1-20-5-4-10(9-20)8-19-13-3-2-12(14(15,16)17)6-11(13)7-18/h2-6,9,19H,8H2,1H3. The van der Waals surface area contributed by atoms with Crippen LogP contribution in [0.5, 0.6) is 0 Å². The number of aromatic nitrogens is 1. The molecule has 0 amide bonds. The lowest BCUT2D eigenvalue weighted by atomic mass is 10.1. The smallest absolute Gasteiger partial charge is 0.380 e. The fourth-order valence-electron chi connectivity index (χ4n) is 1.83. The first kappa shape index (κ1) is 14.0. The van der Waals surface area contributed by atoms with E-state index in [-0.39, 0.29) is 5.56 Å². The summed E-state index contributed by atoms with van der Waals surface area (Å²) in [7, 11) is 1.88. The Labute approximate surface area is 114 Å². The van der Waals surface area contributed by atoms with Gasteiger partial charge in [-0.05, 0) is 29.8 Å². The third-order valence-corrected chi connectivity index (χ3v) is 2.84. The first-order valence-electron chi connectivity index (χ1n) is 5.86. The van der Waals surface area contributed by atoms with Crippen LogP contribution in [0.2, 0.25) is 0 Å². The first-order chi connectivity index (χ1) is 9.40. The van der Waals surface area contributed by atoms with Crippen molar-refractivity contribution in [2.45, 2.75) is 12.7 Å². The lowest BCUT2D eigenvalue weighted by Crippen LogP contribution is -2.07. The number of nitrogens with zero attached hydrogens (tertiary/aromatic N) is 2. The lowest BCUT2D eigenvalue weighted by Gasteiger charge is -2.11. The van der Waals surface area contributed by atoms with Crippen molar-refractivity contribution in [1.82, 2.24) is 4.57 Å². The van der Waals surface area contributed by atoms with Gasteiger partial charge in [-0.2, -0.15) is 18.4 Å². The van der Waals surface area contributed by atoms with Gasteiger partial charge in [-0.15, -0.1) is 0 Å². The molecule has 0 spiro atoms. The molecule has 20 heavy (non-hydrogen) atoms. The molecule has 0 fully saturated rings. The Balaban J connectivity index is 2.18.